The molecule has 7 heteroatoms. The summed E-state index contributed by atoms with van der Waals surface area (Å²) in [5.41, 5.74) is 3.82. The van der Waals surface area contributed by atoms with E-state index in [-0.39, 0.29) is 17.4 Å². The van der Waals surface area contributed by atoms with E-state index in [0.29, 0.717) is 23.7 Å². The second-order valence-corrected chi connectivity index (χ2v) is 8.63. The molecule has 4 rings (SSSR count). The molecule has 0 aliphatic heterocycles. The average molecular weight is 447 g/mol. The number of nitrogens with zero attached hydrogens (tertiary/aromatic N) is 4. The third kappa shape index (κ3) is 4.31. The Morgan fingerprint density at radius 2 is 1.79 bits per heavy atom. The largest absolute Gasteiger partial charge is 0.493 e. The average Bonchev–Trinajstić information content (AvgIpc) is 3.23. The number of halogens is 1. The van der Waals surface area contributed by atoms with Gasteiger partial charge in [0.25, 0.3) is 5.91 Å². The molecule has 6 nitrogen and oxygen atoms in total. The van der Waals surface area contributed by atoms with Gasteiger partial charge in [0.05, 0.1) is 11.1 Å². The van der Waals surface area contributed by atoms with Crippen LogP contribution in [0.4, 0.5) is 10.1 Å². The Bertz CT molecular complexity index is 1350. The number of azo groups is 1. The quantitative estimate of drug-likeness (QED) is 0.329. The maximum atomic E-state index is 13.3. The number of fused-ring (bicyclic) bond motifs is 1. The molecule has 1 N–H and O–H groups in total. The molecule has 4 aromatic rings. The number of aryl methyl sites for hydroxylation is 2. The van der Waals surface area contributed by atoms with E-state index in [4.69, 9.17) is 0 Å². The van der Waals surface area contributed by atoms with Gasteiger partial charge in [-0.3, -0.25) is 4.79 Å². The van der Waals surface area contributed by atoms with Gasteiger partial charge in [-0.15, -0.1) is 10.2 Å². The molecule has 0 saturated heterocycles. The Morgan fingerprint density at radius 3 is 2.48 bits per heavy atom. The number of carbonyl (C=O) groups is 1. The summed E-state index contributed by atoms with van der Waals surface area (Å²) in [6.45, 7) is 8.59. The van der Waals surface area contributed by atoms with Crippen molar-refractivity contribution in [3.8, 4) is 11.6 Å². The summed E-state index contributed by atoms with van der Waals surface area (Å²) in [5, 5.41) is 19.7. The van der Waals surface area contributed by atoms with Crippen molar-refractivity contribution in [1.29, 1.82) is 0 Å². The zero-order valence-electron chi connectivity index (χ0n) is 19.2. The summed E-state index contributed by atoms with van der Waals surface area (Å²) < 4.78 is 17.0. The molecular weight excluding hydrogens is 419 g/mol. The van der Waals surface area contributed by atoms with Crippen LogP contribution in [0, 0.1) is 25.6 Å². The summed E-state index contributed by atoms with van der Waals surface area (Å²) in [6, 6.07) is 15.4. The van der Waals surface area contributed by atoms with Crippen LogP contribution in [0.3, 0.4) is 0 Å². The van der Waals surface area contributed by atoms with Gasteiger partial charge in [0.2, 0.25) is 5.88 Å². The number of hydrogen-bond acceptors (Lipinski definition) is 3. The van der Waals surface area contributed by atoms with Crippen molar-refractivity contribution < 1.29 is 14.3 Å². The van der Waals surface area contributed by atoms with Crippen molar-refractivity contribution in [2.75, 3.05) is 0 Å². The number of para-hydroxylation sites is 1. The third-order valence-corrected chi connectivity index (χ3v) is 5.83. The first-order valence-corrected chi connectivity index (χ1v) is 11.0. The Balaban J connectivity index is 1.68. The fourth-order valence-corrected chi connectivity index (χ4v) is 4.10. The van der Waals surface area contributed by atoms with Crippen molar-refractivity contribution in [3.63, 3.8) is 0 Å². The number of aromatic hydroxyl groups is 1. The smallest absolute Gasteiger partial charge is 0.297 e. The van der Waals surface area contributed by atoms with Crippen LogP contribution in [0.25, 0.3) is 16.6 Å². The number of hydrogen-bond donors (Lipinski definition) is 1. The minimum atomic E-state index is -0.505. The molecule has 0 spiro atoms. The van der Waals surface area contributed by atoms with Crippen molar-refractivity contribution in [3.05, 3.63) is 77.4 Å². The summed E-state index contributed by atoms with van der Waals surface area (Å²) in [4.78, 5) is 12.9. The second-order valence-electron chi connectivity index (χ2n) is 8.63. The van der Waals surface area contributed by atoms with E-state index < -0.39 is 5.91 Å². The number of amides is 1. The Morgan fingerprint density at radius 1 is 1.09 bits per heavy atom. The summed E-state index contributed by atoms with van der Waals surface area (Å²) in [7, 11) is 0. The van der Waals surface area contributed by atoms with E-state index in [1.807, 2.05) is 47.2 Å². The first kappa shape index (κ1) is 22.5. The lowest BCUT2D eigenvalue weighted by Crippen LogP contribution is -2.01. The molecule has 0 radical (unpaired) electrons. The minimum Gasteiger partial charge on any atom is -0.493 e. The van der Waals surface area contributed by atoms with E-state index >= 15 is 0 Å². The molecule has 33 heavy (non-hydrogen) atoms. The van der Waals surface area contributed by atoms with Gasteiger partial charge in [-0.2, -0.15) is 0 Å². The summed E-state index contributed by atoms with van der Waals surface area (Å²) in [6.07, 6.45) is 0.900. The molecule has 0 unspecified atom stereocenters. The lowest BCUT2D eigenvalue weighted by Gasteiger charge is -2.09. The predicted octanol–water partition coefficient (Wildman–Crippen LogP) is 6.86. The minimum absolute atomic E-state index is 0.00480. The molecule has 0 bridgehead atoms. The molecule has 170 valence electrons. The highest BCUT2D eigenvalue weighted by Gasteiger charge is 2.19. The maximum Gasteiger partial charge on any atom is 0.297 e. The number of carbonyl (C=O) groups excluding carboxylic acids is 1. The Kier molecular flexibility index (Phi) is 6.14. The highest BCUT2D eigenvalue weighted by molar-refractivity contribution is 5.98. The third-order valence-electron chi connectivity index (χ3n) is 5.83. The fraction of sp³-hybridized carbons (Fsp3) is 0.269. The molecular formula is C26H27FN4O2. The van der Waals surface area contributed by atoms with Gasteiger partial charge in [0, 0.05) is 29.0 Å². The molecule has 1 amide bonds. The van der Waals surface area contributed by atoms with Crippen molar-refractivity contribution in [1.82, 2.24) is 9.13 Å². The number of aromatic nitrogens is 2. The van der Waals surface area contributed by atoms with Gasteiger partial charge >= 0.3 is 0 Å². The van der Waals surface area contributed by atoms with Gasteiger partial charge in [-0.1, -0.05) is 32.0 Å². The molecule has 2 heterocycles. The van der Waals surface area contributed by atoms with Crippen molar-refractivity contribution >= 4 is 22.5 Å². The number of rotatable bonds is 6. The van der Waals surface area contributed by atoms with E-state index in [1.54, 1.807) is 18.2 Å². The maximum absolute atomic E-state index is 13.3. The van der Waals surface area contributed by atoms with Gasteiger partial charge in [-0.05, 0) is 62.6 Å². The normalized spacial score (nSPS) is 11.8. The molecule has 2 aromatic carbocycles. The van der Waals surface area contributed by atoms with E-state index in [2.05, 4.69) is 24.1 Å². The van der Waals surface area contributed by atoms with Crippen LogP contribution in [0.5, 0.6) is 5.88 Å². The Hall–Kier alpha value is -3.74. The van der Waals surface area contributed by atoms with Crippen LogP contribution in [-0.2, 0) is 6.54 Å². The lowest BCUT2D eigenvalue weighted by atomic mass is 10.1. The highest BCUT2D eigenvalue weighted by Crippen LogP contribution is 2.39. The monoisotopic (exact) mass is 446 g/mol. The molecule has 0 aliphatic carbocycles. The molecule has 2 aromatic heterocycles. The van der Waals surface area contributed by atoms with Crippen LogP contribution in [0.1, 0.15) is 42.0 Å². The standard InChI is InChI=1S/C26H27FN4O2/c1-16(2)13-14-30-23-8-6-5-7-21(23)24(26(30)33)28-29-25(32)22-15-17(3)31(18(22)4)20-11-9-19(27)10-12-20/h5-12,15-16,33H,13-14H2,1-4H3. The van der Waals surface area contributed by atoms with Crippen LogP contribution in [0.2, 0.25) is 0 Å². The van der Waals surface area contributed by atoms with E-state index in [9.17, 15) is 14.3 Å². The lowest BCUT2D eigenvalue weighted by molar-refractivity contribution is 0.0994. The van der Waals surface area contributed by atoms with Crippen LogP contribution >= 0.6 is 0 Å². The SMILES string of the molecule is Cc1cc(C(=O)N=Nc2c(O)n(CCC(C)C)c3ccccc23)c(C)n1-c1ccc(F)cc1. The molecule has 0 fully saturated rings. The first-order chi connectivity index (χ1) is 15.8. The molecule has 0 aliphatic rings. The summed E-state index contributed by atoms with van der Waals surface area (Å²) >= 11 is 0. The van der Waals surface area contributed by atoms with Crippen LogP contribution < -0.4 is 0 Å². The van der Waals surface area contributed by atoms with Gasteiger partial charge in [0.1, 0.15) is 5.82 Å². The Labute approximate surface area is 192 Å². The van der Waals surface area contributed by atoms with Gasteiger partial charge in [0.15, 0.2) is 5.69 Å². The van der Waals surface area contributed by atoms with Gasteiger partial charge in [-0.25, -0.2) is 4.39 Å². The zero-order valence-corrected chi connectivity index (χ0v) is 19.2. The highest BCUT2D eigenvalue weighted by atomic mass is 19.1. The van der Waals surface area contributed by atoms with E-state index in [1.165, 1.54) is 12.1 Å². The van der Waals surface area contributed by atoms with Crippen molar-refractivity contribution in [2.24, 2.45) is 16.1 Å². The van der Waals surface area contributed by atoms with Gasteiger partial charge < -0.3 is 14.2 Å². The van der Waals surface area contributed by atoms with Crippen LogP contribution in [-0.4, -0.2) is 20.1 Å². The topological polar surface area (TPSA) is 71.9 Å². The molecule has 0 atom stereocenters. The zero-order chi connectivity index (χ0) is 23.7. The fourth-order valence-electron chi connectivity index (χ4n) is 4.10. The molecule has 0 saturated carbocycles. The first-order valence-electron chi connectivity index (χ1n) is 11.0. The van der Waals surface area contributed by atoms with Crippen molar-refractivity contribution in [2.45, 2.75) is 40.7 Å². The number of benzene rings is 2. The summed E-state index contributed by atoms with van der Waals surface area (Å²) in [5.74, 6) is -0.340. The van der Waals surface area contributed by atoms with E-state index in [0.717, 1.165) is 28.7 Å². The second kappa shape index (κ2) is 9.02. The predicted molar refractivity (Wildman–Crippen MR) is 127 cm³/mol. The van der Waals surface area contributed by atoms with Crippen LogP contribution in [0.15, 0.2) is 64.8 Å².